The molecule has 0 saturated heterocycles. The second-order valence-electron chi connectivity index (χ2n) is 6.80. The Labute approximate surface area is 163 Å². The minimum absolute atomic E-state index is 0.00289. The first-order chi connectivity index (χ1) is 13.1. The van der Waals surface area contributed by atoms with E-state index in [4.69, 9.17) is 0 Å². The minimum Gasteiger partial charge on any atom is -0.348 e. The zero-order chi connectivity index (χ0) is 20.5. The molecule has 3 aromatic heterocycles. The van der Waals surface area contributed by atoms with Crippen molar-refractivity contribution in [1.82, 2.24) is 25.3 Å². The largest absolute Gasteiger partial charge is 0.348 e. The van der Waals surface area contributed by atoms with Gasteiger partial charge < -0.3 is 10.3 Å². The van der Waals surface area contributed by atoms with Gasteiger partial charge in [-0.2, -0.15) is 0 Å². The van der Waals surface area contributed by atoms with Gasteiger partial charge >= 0.3 is 0 Å². The van der Waals surface area contributed by atoms with Crippen LogP contribution in [0.1, 0.15) is 30.0 Å². The van der Waals surface area contributed by atoms with Crippen molar-refractivity contribution in [2.24, 2.45) is 0 Å². The summed E-state index contributed by atoms with van der Waals surface area (Å²) in [6.07, 6.45) is 5.64. The van der Waals surface area contributed by atoms with Gasteiger partial charge in [0.15, 0.2) is 15.7 Å². The number of sulfone groups is 1. The number of imidazole rings is 1. The van der Waals surface area contributed by atoms with E-state index in [-0.39, 0.29) is 16.8 Å². The van der Waals surface area contributed by atoms with Gasteiger partial charge in [-0.25, -0.2) is 13.4 Å². The maximum absolute atomic E-state index is 12.3. The summed E-state index contributed by atoms with van der Waals surface area (Å²) < 4.78 is 23.6. The zero-order valence-electron chi connectivity index (χ0n) is 16.0. The number of pyridine rings is 2. The number of nitrogens with zero attached hydrogens (tertiary/aromatic N) is 3. The van der Waals surface area contributed by atoms with Crippen LogP contribution in [0.15, 0.2) is 41.7 Å². The highest BCUT2D eigenvalue weighted by atomic mass is 32.2. The van der Waals surface area contributed by atoms with E-state index in [9.17, 15) is 13.2 Å². The molecule has 3 heterocycles. The molecule has 8 nitrogen and oxygen atoms in total. The van der Waals surface area contributed by atoms with Gasteiger partial charge in [0, 0.05) is 42.1 Å². The van der Waals surface area contributed by atoms with Crippen LogP contribution in [0.25, 0.3) is 22.6 Å². The lowest BCUT2D eigenvalue weighted by Gasteiger charge is -2.06. The van der Waals surface area contributed by atoms with E-state index in [0.717, 1.165) is 11.8 Å². The number of aryl methyl sites for hydroxylation is 1. The van der Waals surface area contributed by atoms with E-state index >= 15 is 0 Å². The van der Waals surface area contributed by atoms with Crippen LogP contribution < -0.4 is 5.32 Å². The highest BCUT2D eigenvalue weighted by Crippen LogP contribution is 2.25. The van der Waals surface area contributed by atoms with Gasteiger partial charge in [-0.05, 0) is 44.5 Å². The number of aromatic nitrogens is 4. The van der Waals surface area contributed by atoms with E-state index in [2.05, 4.69) is 25.3 Å². The average Bonchev–Trinajstić information content (AvgIpc) is 3.03. The number of rotatable bonds is 5. The molecule has 0 bridgehead atoms. The van der Waals surface area contributed by atoms with E-state index in [0.29, 0.717) is 28.5 Å². The molecule has 3 aromatic rings. The van der Waals surface area contributed by atoms with Gasteiger partial charge in [0.2, 0.25) is 0 Å². The molecule has 9 heteroatoms. The fraction of sp³-hybridized carbons (Fsp3) is 0.263. The van der Waals surface area contributed by atoms with Gasteiger partial charge in [0.05, 0.1) is 4.90 Å². The summed E-state index contributed by atoms with van der Waals surface area (Å²) in [5.41, 5.74) is 2.88. The molecule has 3 rings (SSSR count). The number of nitrogens with one attached hydrogen (secondary N) is 2. The third-order valence-electron chi connectivity index (χ3n) is 4.00. The summed E-state index contributed by atoms with van der Waals surface area (Å²) >= 11 is 0. The number of hydrogen-bond donors (Lipinski definition) is 2. The molecule has 0 spiro atoms. The lowest BCUT2D eigenvalue weighted by Crippen LogP contribution is -2.30. The minimum atomic E-state index is -3.36. The predicted octanol–water partition coefficient (Wildman–Crippen LogP) is 2.38. The molecule has 0 atom stereocenters. The van der Waals surface area contributed by atoms with Gasteiger partial charge in [-0.1, -0.05) is 0 Å². The molecule has 0 radical (unpaired) electrons. The van der Waals surface area contributed by atoms with Crippen molar-refractivity contribution < 1.29 is 13.2 Å². The number of amides is 1. The summed E-state index contributed by atoms with van der Waals surface area (Å²) in [7, 11) is -3.36. The van der Waals surface area contributed by atoms with Crippen LogP contribution >= 0.6 is 0 Å². The molecule has 0 aromatic carbocycles. The molecule has 0 aliphatic carbocycles. The van der Waals surface area contributed by atoms with Crippen LogP contribution in [0.3, 0.4) is 0 Å². The Morgan fingerprint density at radius 2 is 1.93 bits per heavy atom. The first kappa shape index (κ1) is 19.7. The molecule has 28 heavy (non-hydrogen) atoms. The number of aromatic amines is 1. The Morgan fingerprint density at radius 3 is 2.61 bits per heavy atom. The van der Waals surface area contributed by atoms with Crippen molar-refractivity contribution in [3.8, 4) is 22.6 Å². The highest BCUT2D eigenvalue weighted by Gasteiger charge is 2.17. The fourth-order valence-electron chi connectivity index (χ4n) is 2.65. The highest BCUT2D eigenvalue weighted by molar-refractivity contribution is 7.90. The van der Waals surface area contributed by atoms with Crippen LogP contribution in [0.2, 0.25) is 0 Å². The standard InChI is InChI=1S/C19H21N5O3S/c1-11(2)22-19(25)17-12(3)23-18(24-17)16-8-13(5-6-21-16)14-7-15(10-20-9-14)28(4,26)27/h5-11H,1-4H3,(H,22,25)(H,23,24). The van der Waals surface area contributed by atoms with Crippen molar-refractivity contribution >= 4 is 15.7 Å². The Hall–Kier alpha value is -3.07. The second-order valence-corrected chi connectivity index (χ2v) is 8.81. The third kappa shape index (κ3) is 4.25. The lowest BCUT2D eigenvalue weighted by molar-refractivity contribution is 0.0938. The van der Waals surface area contributed by atoms with E-state index in [1.54, 1.807) is 37.5 Å². The normalized spacial score (nSPS) is 11.6. The molecule has 146 valence electrons. The van der Waals surface area contributed by atoms with Crippen molar-refractivity contribution in [3.63, 3.8) is 0 Å². The number of hydrogen-bond acceptors (Lipinski definition) is 6. The molecule has 2 N–H and O–H groups in total. The quantitative estimate of drug-likeness (QED) is 0.680. The second kappa shape index (κ2) is 7.51. The Kier molecular flexibility index (Phi) is 5.28. The maximum Gasteiger partial charge on any atom is 0.271 e. The molecular formula is C19H21N5O3S. The summed E-state index contributed by atoms with van der Waals surface area (Å²) in [5.74, 6) is 0.205. The van der Waals surface area contributed by atoms with Crippen LogP contribution in [-0.4, -0.2) is 46.6 Å². The number of carbonyl (C=O) groups excluding carboxylic acids is 1. The first-order valence-electron chi connectivity index (χ1n) is 8.64. The predicted molar refractivity (Wildman–Crippen MR) is 105 cm³/mol. The number of carbonyl (C=O) groups is 1. The summed E-state index contributed by atoms with van der Waals surface area (Å²) in [6, 6.07) is 5.10. The van der Waals surface area contributed by atoms with Crippen molar-refractivity contribution in [3.05, 3.63) is 48.2 Å². The van der Waals surface area contributed by atoms with E-state index in [1.165, 1.54) is 6.20 Å². The van der Waals surface area contributed by atoms with Gasteiger partial charge in [-0.15, -0.1) is 0 Å². The van der Waals surface area contributed by atoms with E-state index < -0.39 is 9.84 Å². The Balaban J connectivity index is 1.98. The molecule has 0 aliphatic rings. The van der Waals surface area contributed by atoms with Crippen LogP contribution in [0.5, 0.6) is 0 Å². The Morgan fingerprint density at radius 1 is 1.18 bits per heavy atom. The summed E-state index contributed by atoms with van der Waals surface area (Å²) in [5, 5.41) is 2.82. The van der Waals surface area contributed by atoms with E-state index in [1.807, 2.05) is 13.8 Å². The van der Waals surface area contributed by atoms with Crippen molar-refractivity contribution in [2.75, 3.05) is 6.26 Å². The van der Waals surface area contributed by atoms with Gasteiger partial charge in [0.25, 0.3) is 5.91 Å². The molecular weight excluding hydrogens is 378 g/mol. The monoisotopic (exact) mass is 399 g/mol. The fourth-order valence-corrected chi connectivity index (χ4v) is 3.25. The van der Waals surface area contributed by atoms with Crippen molar-refractivity contribution in [2.45, 2.75) is 31.7 Å². The molecule has 0 saturated carbocycles. The topological polar surface area (TPSA) is 118 Å². The third-order valence-corrected chi connectivity index (χ3v) is 5.08. The number of H-pyrrole nitrogens is 1. The van der Waals surface area contributed by atoms with Gasteiger partial charge in [0.1, 0.15) is 11.4 Å². The SMILES string of the molecule is Cc1[nH]c(-c2cc(-c3cncc(S(C)(=O)=O)c3)ccn2)nc1C(=O)NC(C)C. The first-order valence-corrected chi connectivity index (χ1v) is 10.5. The van der Waals surface area contributed by atoms with Crippen LogP contribution in [0, 0.1) is 6.92 Å². The molecule has 0 unspecified atom stereocenters. The van der Waals surface area contributed by atoms with Gasteiger partial charge in [-0.3, -0.25) is 14.8 Å². The Bertz CT molecular complexity index is 1140. The summed E-state index contributed by atoms with van der Waals surface area (Å²) in [4.78, 5) is 28.2. The summed E-state index contributed by atoms with van der Waals surface area (Å²) in [6.45, 7) is 5.53. The van der Waals surface area contributed by atoms with Crippen molar-refractivity contribution in [1.29, 1.82) is 0 Å². The van der Waals surface area contributed by atoms with Crippen LogP contribution in [0.4, 0.5) is 0 Å². The average molecular weight is 399 g/mol. The zero-order valence-corrected chi connectivity index (χ0v) is 16.8. The maximum atomic E-state index is 12.3. The van der Waals surface area contributed by atoms with Crippen LogP contribution in [-0.2, 0) is 9.84 Å². The molecule has 1 amide bonds. The lowest BCUT2D eigenvalue weighted by atomic mass is 10.1. The molecule has 0 fully saturated rings. The molecule has 0 aliphatic heterocycles. The smallest absolute Gasteiger partial charge is 0.271 e.